The highest BCUT2D eigenvalue weighted by Gasteiger charge is 2.55. The van der Waals surface area contributed by atoms with Gasteiger partial charge >= 0.3 is 0 Å². The molecule has 3 atom stereocenters. The minimum Gasteiger partial charge on any atom is -0.376 e. The molecular weight excluding hydrogens is 314 g/mol. The largest absolute Gasteiger partial charge is 0.376 e. The summed E-state index contributed by atoms with van der Waals surface area (Å²) in [4.78, 5) is 12.6. The zero-order valence-corrected chi connectivity index (χ0v) is 14.9. The Morgan fingerprint density at radius 2 is 1.82 bits per heavy atom. The number of amides is 1. The van der Waals surface area contributed by atoms with E-state index in [0.717, 1.165) is 50.7 Å². The molecule has 2 aliphatic heterocycles. The first kappa shape index (κ1) is 15.6. The fourth-order valence-corrected chi connectivity index (χ4v) is 8.92. The first-order valence-corrected chi connectivity index (χ1v) is 10.9. The number of thioether (sulfide) groups is 2. The molecule has 3 nitrogen and oxygen atoms in total. The van der Waals surface area contributed by atoms with E-state index in [4.69, 9.17) is 4.74 Å². The molecule has 3 unspecified atom stereocenters. The highest BCUT2D eigenvalue weighted by Crippen LogP contribution is 2.64. The molecule has 0 aromatic carbocycles. The number of ether oxygens (including phenoxy) is 1. The Hall–Kier alpha value is 0.130. The summed E-state index contributed by atoms with van der Waals surface area (Å²) in [5.41, 5.74) is 0. The maximum Gasteiger partial charge on any atom is 0.223 e. The molecule has 0 aromatic heterocycles. The molecule has 5 heteroatoms. The second-order valence-corrected chi connectivity index (χ2v) is 10.3. The molecule has 1 N–H and O–H groups in total. The number of hydrogen-bond donors (Lipinski definition) is 1. The third-order valence-electron chi connectivity index (χ3n) is 6.02. The summed E-state index contributed by atoms with van der Waals surface area (Å²) in [5.74, 6) is 4.70. The zero-order valence-electron chi connectivity index (χ0n) is 13.2. The Balaban J connectivity index is 1.37. The highest BCUT2D eigenvalue weighted by atomic mass is 32.2. The van der Waals surface area contributed by atoms with Crippen LogP contribution < -0.4 is 5.32 Å². The summed E-state index contributed by atoms with van der Waals surface area (Å²) >= 11 is 4.43. The van der Waals surface area contributed by atoms with Crippen LogP contribution in [0.15, 0.2) is 0 Å². The van der Waals surface area contributed by atoms with Crippen molar-refractivity contribution in [1.29, 1.82) is 0 Å². The molecular formula is C17H27NO2S2. The molecule has 2 saturated heterocycles. The maximum absolute atomic E-state index is 12.6. The van der Waals surface area contributed by atoms with Crippen LogP contribution in [0.3, 0.4) is 0 Å². The molecule has 124 valence electrons. The maximum atomic E-state index is 12.6. The topological polar surface area (TPSA) is 38.3 Å². The van der Waals surface area contributed by atoms with Crippen molar-refractivity contribution in [3.05, 3.63) is 0 Å². The van der Waals surface area contributed by atoms with Crippen LogP contribution in [0.1, 0.15) is 44.9 Å². The van der Waals surface area contributed by atoms with E-state index in [0.29, 0.717) is 9.99 Å². The summed E-state index contributed by atoms with van der Waals surface area (Å²) in [6.07, 6.45) is 8.80. The second kappa shape index (κ2) is 6.56. The van der Waals surface area contributed by atoms with E-state index in [2.05, 4.69) is 28.8 Å². The average Bonchev–Trinajstić information content (AvgIpc) is 3.17. The van der Waals surface area contributed by atoms with Gasteiger partial charge in [-0.25, -0.2) is 0 Å². The van der Waals surface area contributed by atoms with Gasteiger partial charge in [-0.15, -0.1) is 23.5 Å². The fourth-order valence-electron chi connectivity index (χ4n) is 4.99. The van der Waals surface area contributed by atoms with Crippen LogP contribution in [0, 0.1) is 17.8 Å². The lowest BCUT2D eigenvalue weighted by Crippen LogP contribution is -2.50. The summed E-state index contributed by atoms with van der Waals surface area (Å²) in [7, 11) is 0. The molecule has 0 radical (unpaired) electrons. The number of carbonyl (C=O) groups excluding carboxylic acids is 1. The van der Waals surface area contributed by atoms with Crippen molar-refractivity contribution >= 4 is 29.4 Å². The molecule has 22 heavy (non-hydrogen) atoms. The third-order valence-corrected chi connectivity index (χ3v) is 10.0. The summed E-state index contributed by atoms with van der Waals surface area (Å²) in [6, 6.07) is 0. The van der Waals surface area contributed by atoms with E-state index in [1.165, 1.54) is 30.8 Å². The minimum absolute atomic E-state index is 0.254. The van der Waals surface area contributed by atoms with Crippen molar-refractivity contribution in [2.24, 2.45) is 17.8 Å². The number of carbonyl (C=O) groups is 1. The Morgan fingerprint density at radius 1 is 1.09 bits per heavy atom. The Morgan fingerprint density at radius 3 is 2.45 bits per heavy atom. The van der Waals surface area contributed by atoms with Crippen LogP contribution in [0.4, 0.5) is 0 Å². The van der Waals surface area contributed by atoms with Gasteiger partial charge in [-0.3, -0.25) is 4.79 Å². The van der Waals surface area contributed by atoms with Crippen LogP contribution >= 0.6 is 23.5 Å². The standard InChI is InChI=1S/C17H27NO2S2/c19-16(18-11-15-5-2-6-20-15)12-9-13-3-1-4-14(10-12)17(13)21-7-8-22-17/h12-15H,1-11H2,(H,18,19). The van der Waals surface area contributed by atoms with Crippen molar-refractivity contribution < 1.29 is 9.53 Å². The summed E-state index contributed by atoms with van der Waals surface area (Å²) in [6.45, 7) is 1.59. The van der Waals surface area contributed by atoms with Crippen molar-refractivity contribution in [3.8, 4) is 0 Å². The van der Waals surface area contributed by atoms with Gasteiger partial charge in [0.1, 0.15) is 0 Å². The molecule has 1 amide bonds. The van der Waals surface area contributed by atoms with Crippen LogP contribution in [0.5, 0.6) is 0 Å². The van der Waals surface area contributed by atoms with Gasteiger partial charge in [0.25, 0.3) is 0 Å². The summed E-state index contributed by atoms with van der Waals surface area (Å²) in [5, 5.41) is 3.19. The lowest BCUT2D eigenvalue weighted by atomic mass is 9.67. The SMILES string of the molecule is O=C(NCC1CCCO1)C1CC2CCCC(C1)C21SCCS1. The predicted molar refractivity (Wildman–Crippen MR) is 93.2 cm³/mol. The van der Waals surface area contributed by atoms with Crippen LogP contribution in [-0.4, -0.2) is 40.7 Å². The van der Waals surface area contributed by atoms with E-state index < -0.39 is 0 Å². The van der Waals surface area contributed by atoms with Crippen LogP contribution in [-0.2, 0) is 9.53 Å². The third kappa shape index (κ3) is 2.82. The van der Waals surface area contributed by atoms with Crippen molar-refractivity contribution in [3.63, 3.8) is 0 Å². The second-order valence-electron chi connectivity index (χ2n) is 7.29. The first-order chi connectivity index (χ1) is 10.8. The molecule has 4 fully saturated rings. The monoisotopic (exact) mass is 341 g/mol. The van der Waals surface area contributed by atoms with Gasteiger partial charge in [0.15, 0.2) is 0 Å². The van der Waals surface area contributed by atoms with Crippen molar-refractivity contribution in [2.45, 2.75) is 55.1 Å². The van der Waals surface area contributed by atoms with Gasteiger partial charge in [-0.05, 0) is 50.4 Å². The minimum atomic E-state index is 0.254. The van der Waals surface area contributed by atoms with Crippen molar-refractivity contribution in [1.82, 2.24) is 5.32 Å². The van der Waals surface area contributed by atoms with E-state index in [9.17, 15) is 4.79 Å². The molecule has 4 aliphatic rings. The fraction of sp³-hybridized carbons (Fsp3) is 0.941. The highest BCUT2D eigenvalue weighted by molar-refractivity contribution is 8.21. The van der Waals surface area contributed by atoms with E-state index in [-0.39, 0.29) is 12.0 Å². The number of hydrogen-bond acceptors (Lipinski definition) is 4. The number of rotatable bonds is 3. The van der Waals surface area contributed by atoms with E-state index >= 15 is 0 Å². The zero-order chi connectivity index (χ0) is 15.0. The quantitative estimate of drug-likeness (QED) is 0.855. The van der Waals surface area contributed by atoms with Gasteiger partial charge in [-0.1, -0.05) is 6.42 Å². The van der Waals surface area contributed by atoms with E-state index in [1.807, 2.05) is 0 Å². The Bertz CT molecular complexity index is 403. The lowest BCUT2D eigenvalue weighted by molar-refractivity contribution is -0.128. The average molecular weight is 342 g/mol. The van der Waals surface area contributed by atoms with Gasteiger partial charge in [0.2, 0.25) is 5.91 Å². The molecule has 0 aromatic rings. The molecule has 1 spiro atoms. The van der Waals surface area contributed by atoms with Gasteiger partial charge < -0.3 is 10.1 Å². The van der Waals surface area contributed by atoms with Gasteiger partial charge in [0.05, 0.1) is 10.2 Å². The first-order valence-electron chi connectivity index (χ1n) is 8.95. The predicted octanol–water partition coefficient (Wildman–Crippen LogP) is 3.28. The number of nitrogens with one attached hydrogen (secondary N) is 1. The van der Waals surface area contributed by atoms with Gasteiger partial charge in [-0.2, -0.15) is 0 Å². The molecule has 2 aliphatic carbocycles. The Kier molecular flexibility index (Phi) is 4.66. The molecule has 2 saturated carbocycles. The summed E-state index contributed by atoms with van der Waals surface area (Å²) < 4.78 is 6.10. The van der Waals surface area contributed by atoms with Crippen molar-refractivity contribution in [2.75, 3.05) is 24.7 Å². The van der Waals surface area contributed by atoms with E-state index in [1.54, 1.807) is 0 Å². The van der Waals surface area contributed by atoms with Crippen LogP contribution in [0.2, 0.25) is 0 Å². The Labute approximate surface area is 142 Å². The lowest BCUT2D eigenvalue weighted by Gasteiger charge is -2.52. The molecule has 2 heterocycles. The normalized spacial score (nSPS) is 40.0. The molecule has 2 bridgehead atoms. The van der Waals surface area contributed by atoms with Gasteiger partial charge in [0, 0.05) is 30.6 Å². The smallest absolute Gasteiger partial charge is 0.223 e. The molecule has 4 rings (SSSR count). The van der Waals surface area contributed by atoms with Crippen LogP contribution in [0.25, 0.3) is 0 Å².